The molecule has 390 valence electrons. The quantitative estimate of drug-likeness (QED) is 0.0735. The minimum atomic E-state index is -1.15. The first-order chi connectivity index (χ1) is 35.7. The van der Waals surface area contributed by atoms with E-state index in [-0.39, 0.29) is 30.8 Å². The molecular weight excluding hydrogens is 985 g/mol. The van der Waals surface area contributed by atoms with Gasteiger partial charge in [0.1, 0.15) is 28.8 Å². The Morgan fingerprint density at radius 3 is 2.65 bits per heavy atom. The summed E-state index contributed by atoms with van der Waals surface area (Å²) in [6, 6.07) is 8.38. The van der Waals surface area contributed by atoms with Crippen LogP contribution in [0.15, 0.2) is 52.8 Å². The van der Waals surface area contributed by atoms with Gasteiger partial charge >= 0.3 is 5.97 Å². The number of thiophene rings is 1. The highest BCUT2D eigenvalue weighted by atomic mass is 32.1. The molecule has 2 fully saturated rings. The molecule has 74 heavy (non-hydrogen) atoms. The minimum Gasteiger partial charge on any atom is -0.475 e. The number of aromatic nitrogens is 8. The molecule has 1 unspecified atom stereocenters. The first-order valence-electron chi connectivity index (χ1n) is 25.1. The largest absolute Gasteiger partial charge is 0.475 e. The third-order valence-corrected chi connectivity index (χ3v) is 16.4. The van der Waals surface area contributed by atoms with E-state index >= 15 is 0 Å². The van der Waals surface area contributed by atoms with Crippen LogP contribution >= 0.6 is 22.7 Å². The number of β-amino-alcohol motifs (C(OH)–C–C–N with tert-alkyl or cyclic N) is 1. The number of anilines is 2. The lowest BCUT2D eigenvalue weighted by Crippen LogP contribution is -2.50. The number of aliphatic hydroxyl groups is 1. The van der Waals surface area contributed by atoms with Crippen LogP contribution in [0.2, 0.25) is 0 Å². The maximum absolute atomic E-state index is 14.3. The number of nitrogens with two attached hydrogens (primary N) is 1. The monoisotopic (exact) mass is 1050 g/mol. The molecular formula is C51H62N14O7S2. The number of nitrogens with one attached hydrogen (secondary N) is 1. The summed E-state index contributed by atoms with van der Waals surface area (Å²) in [6.07, 6.45) is 7.47. The van der Waals surface area contributed by atoms with Gasteiger partial charge in [0.15, 0.2) is 6.04 Å². The van der Waals surface area contributed by atoms with Gasteiger partial charge in [-0.15, -0.1) is 22.7 Å². The number of hydrogen-bond acceptors (Lipinski definition) is 20. The zero-order chi connectivity index (χ0) is 52.3. The van der Waals surface area contributed by atoms with Gasteiger partial charge in [0.2, 0.25) is 29.5 Å². The van der Waals surface area contributed by atoms with Crippen molar-refractivity contribution in [1.82, 2.24) is 55.2 Å². The van der Waals surface area contributed by atoms with E-state index in [1.165, 1.54) is 39.4 Å². The normalized spacial score (nSPS) is 20.9. The number of amides is 2. The number of aliphatic hydroxyl groups excluding tert-OH is 1. The van der Waals surface area contributed by atoms with E-state index < -0.39 is 47.4 Å². The van der Waals surface area contributed by atoms with Crippen LogP contribution in [-0.2, 0) is 31.0 Å². The molecule has 2 saturated heterocycles. The molecule has 9 rings (SSSR count). The maximum Gasteiger partial charge on any atom is 0.333 e. The van der Waals surface area contributed by atoms with Crippen molar-refractivity contribution in [1.29, 1.82) is 5.26 Å². The predicted octanol–water partition coefficient (Wildman–Crippen LogP) is 5.66. The number of thiazole rings is 1. The maximum atomic E-state index is 14.3. The van der Waals surface area contributed by atoms with Gasteiger partial charge in [-0.3, -0.25) is 9.59 Å². The predicted molar refractivity (Wildman–Crippen MR) is 276 cm³/mol. The SMILES string of the molecule is COC(=O)[C@H](NC(=O)[C@@H]1C[C@@H](O)CN1C(=O)C(C(C)C)n1cc(OCCCCN2CCCN(c3nccc(-c4noc([C@@]5(C)CCCc6sc(N)c(C#N)c65)n4)n3)[C@@H](C)C2)nn1)c1ccc(-c2scnc2C)cc1. The Hall–Kier alpha value is -6.87. The van der Waals surface area contributed by atoms with Crippen LogP contribution in [0.5, 0.6) is 5.88 Å². The average molecular weight is 1050 g/mol. The second-order valence-electron chi connectivity index (χ2n) is 19.8. The lowest BCUT2D eigenvalue weighted by Gasteiger charge is -2.30. The van der Waals surface area contributed by atoms with Crippen molar-refractivity contribution < 1.29 is 33.5 Å². The zero-order valence-corrected chi connectivity index (χ0v) is 44.1. The van der Waals surface area contributed by atoms with Crippen molar-refractivity contribution >= 4 is 51.4 Å². The number of ether oxygens (including phenoxy) is 2. The number of methoxy groups -OCH3 is 1. The molecule has 4 N–H and O–H groups in total. The molecule has 1 aromatic carbocycles. The number of carbonyl (C=O) groups excluding carboxylic acids is 3. The van der Waals surface area contributed by atoms with E-state index in [9.17, 15) is 24.8 Å². The van der Waals surface area contributed by atoms with Crippen LogP contribution in [0.3, 0.4) is 0 Å². The highest BCUT2D eigenvalue weighted by molar-refractivity contribution is 7.16. The van der Waals surface area contributed by atoms with Crippen LogP contribution in [0.1, 0.15) is 111 Å². The summed E-state index contributed by atoms with van der Waals surface area (Å²) in [5.41, 5.74) is 11.7. The van der Waals surface area contributed by atoms with Gasteiger partial charge in [0, 0.05) is 48.7 Å². The summed E-state index contributed by atoms with van der Waals surface area (Å²) in [6.45, 7) is 13.6. The lowest BCUT2D eigenvalue weighted by atomic mass is 9.72. The molecule has 6 aromatic rings. The third kappa shape index (κ3) is 10.7. The number of likely N-dealkylation sites (tertiary alicyclic amines) is 1. The van der Waals surface area contributed by atoms with Gasteiger partial charge in [-0.1, -0.05) is 53.6 Å². The second kappa shape index (κ2) is 22.3. The molecule has 0 saturated carbocycles. The average Bonchev–Trinajstić information content (AvgIpc) is 4.25. The number of aryl methyl sites for hydroxylation is 2. The van der Waals surface area contributed by atoms with Crippen LogP contribution in [-0.4, -0.2) is 137 Å². The van der Waals surface area contributed by atoms with Crippen LogP contribution in [0, 0.1) is 24.2 Å². The number of fused-ring (bicyclic) bond motifs is 1. The van der Waals surface area contributed by atoms with Crippen LogP contribution in [0.25, 0.3) is 22.0 Å². The molecule has 2 aliphatic heterocycles. The Balaban J connectivity index is 0.764. The Kier molecular flexibility index (Phi) is 15.7. The molecule has 5 aromatic heterocycles. The number of benzene rings is 1. The number of esters is 1. The van der Waals surface area contributed by atoms with E-state index in [0.29, 0.717) is 46.1 Å². The number of carbonyl (C=O) groups is 3. The van der Waals surface area contributed by atoms with Crippen LogP contribution in [0.4, 0.5) is 10.9 Å². The second-order valence-corrected chi connectivity index (χ2v) is 21.8. The van der Waals surface area contributed by atoms with Gasteiger partial charge in [-0.05, 0) is 95.5 Å². The summed E-state index contributed by atoms with van der Waals surface area (Å²) in [5, 5.41) is 36.9. The first kappa shape index (κ1) is 52.0. The van der Waals surface area contributed by atoms with Crippen LogP contribution < -0.4 is 20.7 Å². The van der Waals surface area contributed by atoms with E-state index in [1.807, 2.05) is 39.8 Å². The van der Waals surface area contributed by atoms with Gasteiger partial charge in [0.25, 0.3) is 5.88 Å². The molecule has 0 radical (unpaired) electrons. The number of rotatable bonds is 17. The standard InChI is InChI=1S/C51H62N14O7S2/c1-29(2)42(47(68)64-26-34(66)23-37(64)46(67)57-41(48(69)70-6)32-12-14-33(15-13-32)43-31(4)55-28-73-43)65-27-39(59-61-65)71-22-8-7-19-62-20-10-21-63(30(3)25-62)50-54-18-16-36(56-50)45-58-49(72-60-45)51(5)17-9-11-38-40(51)35(24-52)44(53)74-38/h12-16,18,27-30,34,37,41-42,66H,7-11,17,19-23,25-26,53H2,1-6H3,(H,57,67)/t30-,34+,37-,41+,42?,51-/m0/s1. The van der Waals surface area contributed by atoms with E-state index in [1.54, 1.807) is 36.1 Å². The van der Waals surface area contributed by atoms with E-state index in [4.69, 9.17) is 29.7 Å². The molecule has 7 heterocycles. The lowest BCUT2D eigenvalue weighted by molar-refractivity contribution is -0.147. The zero-order valence-electron chi connectivity index (χ0n) is 42.4. The van der Waals surface area contributed by atoms with Gasteiger partial charge in [0.05, 0.1) is 53.1 Å². The molecule has 6 atom stereocenters. The Morgan fingerprint density at radius 2 is 1.91 bits per heavy atom. The summed E-state index contributed by atoms with van der Waals surface area (Å²) in [7, 11) is 1.25. The molecule has 23 heteroatoms. The molecule has 0 spiro atoms. The molecule has 3 aliphatic rings. The Bertz CT molecular complexity index is 3000. The van der Waals surface area contributed by atoms with Crippen molar-refractivity contribution in [3.63, 3.8) is 0 Å². The highest BCUT2D eigenvalue weighted by Gasteiger charge is 2.45. The molecule has 0 bridgehead atoms. The molecule has 21 nitrogen and oxygen atoms in total. The number of unbranched alkanes of at least 4 members (excludes halogenated alkanes) is 1. The van der Waals surface area contributed by atoms with Crippen molar-refractivity contribution in [2.45, 2.75) is 115 Å². The number of nitriles is 1. The van der Waals surface area contributed by atoms with Crippen molar-refractivity contribution in [3.8, 4) is 33.9 Å². The summed E-state index contributed by atoms with van der Waals surface area (Å²) in [4.78, 5) is 68.2. The van der Waals surface area contributed by atoms with Crippen molar-refractivity contribution in [2.75, 3.05) is 57.1 Å². The number of nitrogen functional groups attached to an aromatic ring is 1. The summed E-state index contributed by atoms with van der Waals surface area (Å²) < 4.78 is 18.4. The third-order valence-electron chi connectivity index (χ3n) is 14.3. The Labute approximate surface area is 437 Å². The minimum absolute atomic E-state index is 0.00644. The topological polar surface area (TPSA) is 270 Å². The highest BCUT2D eigenvalue weighted by Crippen LogP contribution is 2.48. The number of hydrogen-bond donors (Lipinski definition) is 3. The molecule has 2 amide bonds. The molecule has 1 aliphatic carbocycles. The fourth-order valence-electron chi connectivity index (χ4n) is 10.5. The van der Waals surface area contributed by atoms with Gasteiger partial charge in [-0.25, -0.2) is 24.4 Å². The fraction of sp³-hybridized carbons (Fsp3) is 0.510. The fourth-order valence-corrected chi connectivity index (χ4v) is 12.5. The number of nitrogens with zero attached hydrogens (tertiary/aromatic N) is 12. The summed E-state index contributed by atoms with van der Waals surface area (Å²) >= 11 is 2.98. The van der Waals surface area contributed by atoms with Gasteiger partial charge < -0.3 is 44.9 Å². The van der Waals surface area contributed by atoms with E-state index in [2.05, 4.69) is 53.5 Å². The smallest absolute Gasteiger partial charge is 0.333 e. The van der Waals surface area contributed by atoms with Gasteiger partial charge in [-0.2, -0.15) is 10.2 Å². The van der Waals surface area contributed by atoms with Crippen molar-refractivity contribution in [2.24, 2.45) is 5.92 Å². The van der Waals surface area contributed by atoms with E-state index in [0.717, 1.165) is 91.3 Å². The van der Waals surface area contributed by atoms with Crippen molar-refractivity contribution in [3.05, 3.63) is 81.4 Å². The Morgan fingerprint density at radius 1 is 1.09 bits per heavy atom. The first-order valence-corrected chi connectivity index (χ1v) is 26.8. The summed E-state index contributed by atoms with van der Waals surface area (Å²) in [5.74, 6) is -0.263.